The molecule has 0 saturated heterocycles. The van der Waals surface area contributed by atoms with Gasteiger partial charge in [0.2, 0.25) is 0 Å². The van der Waals surface area contributed by atoms with E-state index >= 15 is 0 Å². The largest absolute Gasteiger partial charge is 0.497 e. The molecule has 2 aromatic rings. The van der Waals surface area contributed by atoms with E-state index in [1.165, 1.54) is 6.92 Å². The van der Waals surface area contributed by atoms with Gasteiger partial charge in [0.1, 0.15) is 11.5 Å². The number of aryl methyl sites for hydroxylation is 1. The fourth-order valence-electron chi connectivity index (χ4n) is 2.67. The lowest BCUT2D eigenvalue weighted by atomic mass is 9.98. The van der Waals surface area contributed by atoms with Crippen LogP contribution in [0.1, 0.15) is 37.8 Å². The molecular weight excluding hydrogens is 358 g/mol. The Morgan fingerprint density at radius 2 is 1.64 bits per heavy atom. The predicted octanol–water partition coefficient (Wildman–Crippen LogP) is 4.08. The average molecular weight is 385 g/mol. The van der Waals surface area contributed by atoms with Crippen molar-refractivity contribution in [2.45, 2.75) is 39.7 Å². The van der Waals surface area contributed by atoms with Crippen molar-refractivity contribution < 1.29 is 23.8 Å². The summed E-state index contributed by atoms with van der Waals surface area (Å²) in [5, 5.41) is 2.88. The normalized spacial score (nSPS) is 11.6. The number of amides is 1. The number of hydrogen-bond donors (Lipinski definition) is 1. The third kappa shape index (κ3) is 5.74. The molecule has 0 unspecified atom stereocenters. The molecule has 2 rings (SSSR count). The monoisotopic (exact) mass is 385 g/mol. The summed E-state index contributed by atoms with van der Waals surface area (Å²) < 4.78 is 15.6. The maximum atomic E-state index is 12.5. The second-order valence-corrected chi connectivity index (χ2v) is 6.78. The molecule has 0 spiro atoms. The van der Waals surface area contributed by atoms with Crippen molar-refractivity contribution >= 4 is 17.6 Å². The fraction of sp³-hybridized carbons (Fsp3) is 0.364. The highest BCUT2D eigenvalue weighted by atomic mass is 16.6. The number of methoxy groups -OCH3 is 1. The Bertz CT molecular complexity index is 814. The minimum Gasteiger partial charge on any atom is -0.497 e. The smallest absolute Gasteiger partial charge is 0.344 e. The number of nitrogens with one attached hydrogen (secondary N) is 1. The van der Waals surface area contributed by atoms with Crippen molar-refractivity contribution in [3.8, 4) is 11.5 Å². The molecule has 150 valence electrons. The molecule has 0 aromatic heterocycles. The zero-order valence-electron chi connectivity index (χ0n) is 16.9. The van der Waals surface area contributed by atoms with Gasteiger partial charge in [-0.1, -0.05) is 32.0 Å². The Hall–Kier alpha value is -3.02. The van der Waals surface area contributed by atoms with Crippen LogP contribution in [0.15, 0.2) is 42.5 Å². The number of benzene rings is 2. The molecule has 1 atom stereocenters. The molecule has 0 bridgehead atoms. The first-order valence-corrected chi connectivity index (χ1v) is 9.18. The third-order valence-electron chi connectivity index (χ3n) is 4.27. The van der Waals surface area contributed by atoms with E-state index in [1.54, 1.807) is 31.4 Å². The first kappa shape index (κ1) is 21.3. The Balaban J connectivity index is 1.90. The average Bonchev–Trinajstić information content (AvgIpc) is 2.67. The summed E-state index contributed by atoms with van der Waals surface area (Å²) in [7, 11) is 1.57. The number of para-hydroxylation sites is 1. The summed E-state index contributed by atoms with van der Waals surface area (Å²) >= 11 is 0. The van der Waals surface area contributed by atoms with Crippen molar-refractivity contribution in [3.05, 3.63) is 53.6 Å². The van der Waals surface area contributed by atoms with Gasteiger partial charge in [0.15, 0.2) is 12.7 Å². The number of carbonyl (C=O) groups is 2. The third-order valence-corrected chi connectivity index (χ3v) is 4.27. The molecule has 1 amide bonds. The highest BCUT2D eigenvalue weighted by Gasteiger charge is 2.20. The number of esters is 1. The maximum absolute atomic E-state index is 12.5. The van der Waals surface area contributed by atoms with Gasteiger partial charge in [-0.25, -0.2) is 4.79 Å². The summed E-state index contributed by atoms with van der Waals surface area (Å²) in [6, 6.07) is 12.7. The van der Waals surface area contributed by atoms with Crippen molar-refractivity contribution in [3.63, 3.8) is 0 Å². The minimum atomic E-state index is -0.938. The first-order chi connectivity index (χ1) is 13.3. The number of carbonyl (C=O) groups excluding carboxylic acids is 2. The lowest BCUT2D eigenvalue weighted by Gasteiger charge is -2.19. The topological polar surface area (TPSA) is 73.9 Å². The van der Waals surface area contributed by atoms with Crippen LogP contribution in [-0.2, 0) is 14.3 Å². The van der Waals surface area contributed by atoms with E-state index in [1.807, 2.05) is 25.1 Å². The van der Waals surface area contributed by atoms with Crippen molar-refractivity contribution in [1.82, 2.24) is 0 Å². The standard InChI is InChI=1S/C22H27NO5/c1-14(2)19-8-6-7-15(3)21(19)23-22(25)16(4)28-20(24)13-27-18-11-9-17(26-5)10-12-18/h6-12,14,16H,13H2,1-5H3,(H,23,25)/t16-/m1/s1. The van der Waals surface area contributed by atoms with Gasteiger partial charge in [0, 0.05) is 5.69 Å². The highest BCUT2D eigenvalue weighted by Crippen LogP contribution is 2.27. The molecule has 0 heterocycles. The van der Waals surface area contributed by atoms with Crippen LogP contribution in [-0.4, -0.2) is 31.7 Å². The van der Waals surface area contributed by atoms with Gasteiger partial charge in [-0.2, -0.15) is 0 Å². The van der Waals surface area contributed by atoms with Crippen LogP contribution in [0.4, 0.5) is 5.69 Å². The van der Waals surface area contributed by atoms with Crippen LogP contribution >= 0.6 is 0 Å². The van der Waals surface area contributed by atoms with E-state index in [4.69, 9.17) is 14.2 Å². The Kier molecular flexibility index (Phi) is 7.44. The summed E-state index contributed by atoms with van der Waals surface area (Å²) in [4.78, 5) is 24.5. The molecule has 28 heavy (non-hydrogen) atoms. The summed E-state index contributed by atoms with van der Waals surface area (Å²) in [5.41, 5.74) is 2.76. The van der Waals surface area contributed by atoms with Gasteiger partial charge < -0.3 is 19.5 Å². The van der Waals surface area contributed by atoms with Gasteiger partial charge in [0.25, 0.3) is 5.91 Å². The molecule has 6 heteroatoms. The Labute approximate surface area is 165 Å². The second-order valence-electron chi connectivity index (χ2n) is 6.78. The molecule has 0 radical (unpaired) electrons. The van der Waals surface area contributed by atoms with Crippen LogP contribution in [0.2, 0.25) is 0 Å². The van der Waals surface area contributed by atoms with Gasteiger partial charge in [-0.3, -0.25) is 4.79 Å². The van der Waals surface area contributed by atoms with Crippen LogP contribution in [0.5, 0.6) is 11.5 Å². The van der Waals surface area contributed by atoms with Gasteiger partial charge in [-0.15, -0.1) is 0 Å². The van der Waals surface area contributed by atoms with Gasteiger partial charge in [0.05, 0.1) is 7.11 Å². The quantitative estimate of drug-likeness (QED) is 0.693. The fourth-order valence-corrected chi connectivity index (χ4v) is 2.67. The summed E-state index contributed by atoms with van der Waals surface area (Å²) in [6.45, 7) is 7.30. The zero-order chi connectivity index (χ0) is 20.7. The molecule has 0 fully saturated rings. The van der Waals surface area contributed by atoms with Crippen LogP contribution in [0, 0.1) is 6.92 Å². The lowest BCUT2D eigenvalue weighted by molar-refractivity contribution is -0.155. The first-order valence-electron chi connectivity index (χ1n) is 9.18. The molecule has 1 N–H and O–H groups in total. The number of ether oxygens (including phenoxy) is 3. The van der Waals surface area contributed by atoms with Gasteiger partial charge in [-0.05, 0) is 55.2 Å². The van der Waals surface area contributed by atoms with E-state index < -0.39 is 12.1 Å². The van der Waals surface area contributed by atoms with Crippen molar-refractivity contribution in [2.24, 2.45) is 0 Å². The SMILES string of the molecule is COc1ccc(OCC(=O)O[C@H](C)C(=O)Nc2c(C)cccc2C(C)C)cc1. The number of rotatable bonds is 8. The van der Waals surface area contributed by atoms with E-state index in [0.29, 0.717) is 11.5 Å². The van der Waals surface area contributed by atoms with Crippen LogP contribution < -0.4 is 14.8 Å². The number of hydrogen-bond acceptors (Lipinski definition) is 5. The molecule has 0 saturated carbocycles. The summed E-state index contributed by atoms with van der Waals surface area (Å²) in [6.07, 6.45) is -0.938. The number of anilines is 1. The predicted molar refractivity (Wildman–Crippen MR) is 108 cm³/mol. The molecule has 6 nitrogen and oxygen atoms in total. The van der Waals surface area contributed by atoms with Crippen LogP contribution in [0.25, 0.3) is 0 Å². The van der Waals surface area contributed by atoms with Crippen LogP contribution in [0.3, 0.4) is 0 Å². The highest BCUT2D eigenvalue weighted by molar-refractivity contribution is 5.96. The van der Waals surface area contributed by atoms with Gasteiger partial charge >= 0.3 is 5.97 Å². The molecule has 0 aliphatic heterocycles. The second kappa shape index (κ2) is 9.78. The lowest BCUT2D eigenvalue weighted by Crippen LogP contribution is -2.32. The Morgan fingerprint density at radius 3 is 2.25 bits per heavy atom. The molecule has 2 aromatic carbocycles. The minimum absolute atomic E-state index is 0.256. The van der Waals surface area contributed by atoms with E-state index in [9.17, 15) is 9.59 Å². The maximum Gasteiger partial charge on any atom is 0.344 e. The Morgan fingerprint density at radius 1 is 1.00 bits per heavy atom. The van der Waals surface area contributed by atoms with Crippen molar-refractivity contribution in [1.29, 1.82) is 0 Å². The van der Waals surface area contributed by atoms with E-state index in [2.05, 4.69) is 19.2 Å². The summed E-state index contributed by atoms with van der Waals surface area (Å²) in [5.74, 6) is 0.459. The molecule has 0 aliphatic rings. The van der Waals surface area contributed by atoms with E-state index in [-0.39, 0.29) is 18.4 Å². The zero-order valence-corrected chi connectivity index (χ0v) is 16.9. The molecular formula is C22H27NO5. The van der Waals surface area contributed by atoms with Crippen molar-refractivity contribution in [2.75, 3.05) is 19.0 Å². The van der Waals surface area contributed by atoms with E-state index in [0.717, 1.165) is 16.8 Å². The molecule has 0 aliphatic carbocycles.